The molecule has 1 aliphatic heterocycles. The minimum Gasteiger partial charge on any atom is -0.206 e. The van der Waals surface area contributed by atoms with E-state index in [9.17, 15) is 8.42 Å². The number of sulfonamides is 1. The lowest BCUT2D eigenvalue weighted by atomic mass is 9.98. The second-order valence-corrected chi connectivity index (χ2v) is 10.4. The Bertz CT molecular complexity index is 776. The van der Waals surface area contributed by atoms with Crippen LogP contribution in [0.2, 0.25) is 0 Å². The molecule has 1 saturated carbocycles. The zero-order valence-electron chi connectivity index (χ0n) is 11.2. The van der Waals surface area contributed by atoms with Gasteiger partial charge in [0, 0.05) is 15.9 Å². The molecule has 112 valence electrons. The van der Waals surface area contributed by atoms with Crippen LogP contribution in [-0.4, -0.2) is 19.3 Å². The van der Waals surface area contributed by atoms with Gasteiger partial charge in [-0.1, -0.05) is 0 Å². The molecule has 4 rings (SSSR count). The first kappa shape index (κ1) is 14.4. The normalized spacial score (nSPS) is 23.2. The van der Waals surface area contributed by atoms with E-state index in [0.29, 0.717) is 21.1 Å². The number of fused-ring (bicyclic) bond motifs is 1. The molecule has 0 bridgehead atoms. The van der Waals surface area contributed by atoms with E-state index in [0.717, 1.165) is 19.3 Å². The van der Waals surface area contributed by atoms with E-state index in [-0.39, 0.29) is 6.04 Å². The molecule has 1 unspecified atom stereocenters. The minimum atomic E-state index is -3.41. The van der Waals surface area contributed by atoms with Crippen molar-refractivity contribution in [3.8, 4) is 0 Å². The van der Waals surface area contributed by atoms with Gasteiger partial charge in [-0.3, -0.25) is 0 Å². The van der Waals surface area contributed by atoms with Gasteiger partial charge in [0.1, 0.15) is 4.21 Å². The quantitative estimate of drug-likeness (QED) is 0.766. The van der Waals surface area contributed by atoms with Gasteiger partial charge in [0.25, 0.3) is 10.0 Å². The smallest absolute Gasteiger partial charge is 0.206 e. The van der Waals surface area contributed by atoms with E-state index in [1.54, 1.807) is 15.6 Å². The number of halogens is 1. The number of hydrogen-bond acceptors (Lipinski definition) is 4. The van der Waals surface area contributed by atoms with Crippen LogP contribution in [0.5, 0.6) is 0 Å². The van der Waals surface area contributed by atoms with Gasteiger partial charge in [-0.15, -0.1) is 22.7 Å². The lowest BCUT2D eigenvalue weighted by molar-refractivity contribution is 0.283. The zero-order valence-corrected chi connectivity index (χ0v) is 15.2. The molecule has 21 heavy (non-hydrogen) atoms. The second kappa shape index (κ2) is 5.16. The highest BCUT2D eigenvalue weighted by Crippen LogP contribution is 2.50. The molecule has 2 aromatic rings. The van der Waals surface area contributed by atoms with Crippen LogP contribution in [-0.2, 0) is 16.4 Å². The van der Waals surface area contributed by atoms with Gasteiger partial charge in [-0.2, -0.15) is 4.31 Å². The van der Waals surface area contributed by atoms with Crippen molar-refractivity contribution in [3.05, 3.63) is 37.8 Å². The highest BCUT2D eigenvalue weighted by atomic mass is 79.9. The van der Waals surface area contributed by atoms with Gasteiger partial charge in [-0.25, -0.2) is 8.42 Å². The molecule has 0 saturated heterocycles. The Labute approximate surface area is 140 Å². The Morgan fingerprint density at radius 1 is 1.19 bits per heavy atom. The average Bonchev–Trinajstić information content (AvgIpc) is 3.00. The molecule has 1 atom stereocenters. The van der Waals surface area contributed by atoms with Crippen LogP contribution in [0.1, 0.15) is 29.3 Å². The van der Waals surface area contributed by atoms with E-state index in [1.807, 2.05) is 11.4 Å². The maximum atomic E-state index is 13.1. The van der Waals surface area contributed by atoms with E-state index < -0.39 is 10.0 Å². The van der Waals surface area contributed by atoms with Gasteiger partial charge in [0.2, 0.25) is 0 Å². The molecular weight excluding hydrogens is 390 g/mol. The molecule has 2 aromatic heterocycles. The first-order valence-electron chi connectivity index (χ1n) is 6.90. The van der Waals surface area contributed by atoms with Crippen molar-refractivity contribution in [2.75, 3.05) is 6.54 Å². The first-order valence-corrected chi connectivity index (χ1v) is 10.9. The number of hydrogen-bond donors (Lipinski definition) is 0. The lowest BCUT2D eigenvalue weighted by Gasteiger charge is -2.34. The Morgan fingerprint density at radius 3 is 2.62 bits per heavy atom. The molecule has 0 radical (unpaired) electrons. The van der Waals surface area contributed by atoms with Crippen LogP contribution in [0.3, 0.4) is 0 Å². The van der Waals surface area contributed by atoms with Crippen molar-refractivity contribution in [1.29, 1.82) is 0 Å². The van der Waals surface area contributed by atoms with Gasteiger partial charge in [-0.05, 0) is 69.6 Å². The summed E-state index contributed by atoms with van der Waals surface area (Å²) in [6, 6.07) is 3.97. The molecule has 0 spiro atoms. The number of nitrogens with zero attached hydrogens (tertiary/aromatic N) is 1. The van der Waals surface area contributed by atoms with Gasteiger partial charge >= 0.3 is 0 Å². The molecule has 2 aliphatic rings. The number of rotatable bonds is 3. The van der Waals surface area contributed by atoms with Gasteiger partial charge < -0.3 is 0 Å². The summed E-state index contributed by atoms with van der Waals surface area (Å²) < 4.78 is 29.0. The van der Waals surface area contributed by atoms with Crippen molar-refractivity contribution in [1.82, 2.24) is 4.31 Å². The molecule has 0 aromatic carbocycles. The monoisotopic (exact) mass is 403 g/mol. The zero-order chi connectivity index (χ0) is 14.6. The topological polar surface area (TPSA) is 37.4 Å². The van der Waals surface area contributed by atoms with Gasteiger partial charge in [0.15, 0.2) is 0 Å². The fourth-order valence-corrected chi connectivity index (χ4v) is 8.07. The number of thiophene rings is 2. The fraction of sp³-hybridized carbons (Fsp3) is 0.429. The predicted octanol–water partition coefficient (Wildman–Crippen LogP) is 4.27. The van der Waals surface area contributed by atoms with Crippen LogP contribution < -0.4 is 0 Å². The van der Waals surface area contributed by atoms with Crippen LogP contribution >= 0.6 is 38.6 Å². The average molecular weight is 404 g/mol. The summed E-state index contributed by atoms with van der Waals surface area (Å²) in [4.78, 5) is 1.36. The first-order chi connectivity index (χ1) is 10.1. The summed E-state index contributed by atoms with van der Waals surface area (Å²) in [5.74, 6) is 0.493. The van der Waals surface area contributed by atoms with Crippen molar-refractivity contribution in [3.63, 3.8) is 0 Å². The van der Waals surface area contributed by atoms with Crippen LogP contribution in [0.4, 0.5) is 0 Å². The fourth-order valence-electron chi connectivity index (χ4n) is 3.06. The third kappa shape index (κ3) is 2.34. The SMILES string of the molecule is O=S(=O)(c1sccc1Br)N1CCc2sccc2C1C1CC1. The molecule has 7 heteroatoms. The summed E-state index contributed by atoms with van der Waals surface area (Å²) in [6.07, 6.45) is 3.10. The van der Waals surface area contributed by atoms with Crippen molar-refractivity contribution >= 4 is 48.6 Å². The summed E-state index contributed by atoms with van der Waals surface area (Å²) in [6.45, 7) is 0.599. The molecule has 0 amide bonds. The molecule has 3 heterocycles. The Morgan fingerprint density at radius 2 is 1.95 bits per heavy atom. The largest absolute Gasteiger partial charge is 0.254 e. The summed E-state index contributed by atoms with van der Waals surface area (Å²) in [7, 11) is -3.41. The Kier molecular flexibility index (Phi) is 3.54. The van der Waals surface area contributed by atoms with Crippen molar-refractivity contribution in [2.45, 2.75) is 29.5 Å². The lowest BCUT2D eigenvalue weighted by Crippen LogP contribution is -2.40. The predicted molar refractivity (Wildman–Crippen MR) is 89.4 cm³/mol. The Hall–Kier alpha value is -0.210. The second-order valence-electron chi connectivity index (χ2n) is 5.50. The van der Waals surface area contributed by atoms with Crippen molar-refractivity contribution < 1.29 is 8.42 Å². The maximum Gasteiger partial charge on any atom is 0.254 e. The third-order valence-corrected chi connectivity index (χ3v) is 9.69. The van der Waals surface area contributed by atoms with E-state index in [4.69, 9.17) is 0 Å². The molecule has 0 N–H and O–H groups in total. The van der Waals surface area contributed by atoms with E-state index >= 15 is 0 Å². The molecular formula is C14H14BrNO2S3. The van der Waals surface area contributed by atoms with Crippen LogP contribution in [0, 0.1) is 5.92 Å². The van der Waals surface area contributed by atoms with Crippen LogP contribution in [0.25, 0.3) is 0 Å². The minimum absolute atomic E-state index is 0.0407. The van der Waals surface area contributed by atoms with E-state index in [1.165, 1.54) is 21.8 Å². The molecule has 1 aliphatic carbocycles. The third-order valence-electron chi connectivity index (χ3n) is 4.16. The van der Waals surface area contributed by atoms with Gasteiger partial charge in [0.05, 0.1) is 6.04 Å². The van der Waals surface area contributed by atoms with E-state index in [2.05, 4.69) is 27.4 Å². The highest BCUT2D eigenvalue weighted by Gasteiger charge is 2.45. The summed E-state index contributed by atoms with van der Waals surface area (Å²) >= 11 is 6.43. The summed E-state index contributed by atoms with van der Waals surface area (Å²) in [5.41, 5.74) is 1.24. The molecule has 1 fully saturated rings. The molecule has 3 nitrogen and oxygen atoms in total. The van der Waals surface area contributed by atoms with Crippen LogP contribution in [0.15, 0.2) is 31.6 Å². The maximum absolute atomic E-state index is 13.1. The van der Waals surface area contributed by atoms with Crippen molar-refractivity contribution in [2.24, 2.45) is 5.92 Å². The standard InChI is InChI=1S/C14H14BrNO2S3/c15-11-5-8-20-14(11)21(17,18)16-6-3-12-10(4-7-19-12)13(16)9-1-2-9/h4-5,7-9,13H,1-3,6H2. The Balaban J connectivity index is 1.80. The highest BCUT2D eigenvalue weighted by molar-refractivity contribution is 9.10. The summed E-state index contributed by atoms with van der Waals surface area (Å²) in [5, 5.41) is 3.92.